The van der Waals surface area contributed by atoms with Gasteiger partial charge >= 0.3 is 0 Å². The van der Waals surface area contributed by atoms with Crippen molar-refractivity contribution in [3.8, 4) is 17.0 Å². The summed E-state index contributed by atoms with van der Waals surface area (Å²) in [6.07, 6.45) is 1.62. The van der Waals surface area contributed by atoms with Gasteiger partial charge in [0.15, 0.2) is 0 Å². The Labute approximate surface area is 114 Å². The minimum Gasteiger partial charge on any atom is -0.495 e. The van der Waals surface area contributed by atoms with Gasteiger partial charge in [-0.1, -0.05) is 34.8 Å². The first kappa shape index (κ1) is 12.5. The van der Waals surface area contributed by atoms with E-state index in [9.17, 15) is 0 Å². The zero-order valence-corrected chi connectivity index (χ0v) is 11.1. The highest BCUT2D eigenvalue weighted by Gasteiger charge is 2.09. The molecule has 0 aliphatic carbocycles. The van der Waals surface area contributed by atoms with E-state index in [1.54, 1.807) is 31.5 Å². The summed E-state index contributed by atoms with van der Waals surface area (Å²) in [4.78, 5) is 4.24. The smallest absolute Gasteiger partial charge is 0.137 e. The average Bonchev–Trinajstić information content (AvgIpc) is 2.34. The van der Waals surface area contributed by atoms with E-state index in [2.05, 4.69) is 4.98 Å². The van der Waals surface area contributed by atoms with Crippen molar-refractivity contribution in [1.82, 2.24) is 4.98 Å². The first-order valence-corrected chi connectivity index (χ1v) is 5.90. The average molecular weight is 289 g/mol. The van der Waals surface area contributed by atoms with Crippen molar-refractivity contribution in [3.63, 3.8) is 0 Å². The molecule has 0 aliphatic heterocycles. The molecule has 0 saturated carbocycles. The molecule has 5 heteroatoms. The fourth-order valence-corrected chi connectivity index (χ4v) is 2.02. The van der Waals surface area contributed by atoms with Gasteiger partial charge in [-0.15, -0.1) is 0 Å². The summed E-state index contributed by atoms with van der Waals surface area (Å²) in [6.45, 7) is 0. The molecule has 0 radical (unpaired) electrons. The summed E-state index contributed by atoms with van der Waals surface area (Å²) in [5.74, 6) is 0.685. The van der Waals surface area contributed by atoms with E-state index in [0.717, 1.165) is 11.3 Å². The van der Waals surface area contributed by atoms with E-state index in [4.69, 9.17) is 39.5 Å². The maximum absolute atomic E-state index is 6.10. The SMILES string of the molecule is COc1ccc(-c2cc(Cl)c(Cl)cc2Cl)nc1. The number of rotatable bonds is 2. The van der Waals surface area contributed by atoms with E-state index < -0.39 is 0 Å². The molecule has 0 atom stereocenters. The fraction of sp³-hybridized carbons (Fsp3) is 0.0833. The number of nitrogens with zero attached hydrogens (tertiary/aromatic N) is 1. The Kier molecular flexibility index (Phi) is 3.77. The molecule has 1 aromatic heterocycles. The molecule has 1 aromatic carbocycles. The lowest BCUT2D eigenvalue weighted by Gasteiger charge is -2.06. The Bertz CT molecular complexity index is 540. The number of hydrogen-bond donors (Lipinski definition) is 0. The van der Waals surface area contributed by atoms with Crippen LogP contribution in [-0.2, 0) is 0 Å². The first-order valence-electron chi connectivity index (χ1n) is 4.77. The van der Waals surface area contributed by atoms with Crippen molar-refractivity contribution < 1.29 is 4.74 Å². The number of benzene rings is 1. The second kappa shape index (κ2) is 5.13. The predicted octanol–water partition coefficient (Wildman–Crippen LogP) is 4.72. The van der Waals surface area contributed by atoms with Crippen LogP contribution in [-0.4, -0.2) is 12.1 Å². The molecule has 0 spiro atoms. The number of aromatic nitrogens is 1. The predicted molar refractivity (Wildman–Crippen MR) is 71.3 cm³/mol. The minimum atomic E-state index is 0.425. The van der Waals surface area contributed by atoms with Crippen molar-refractivity contribution in [2.75, 3.05) is 7.11 Å². The quantitative estimate of drug-likeness (QED) is 0.746. The van der Waals surface area contributed by atoms with Crippen LogP contribution < -0.4 is 4.74 Å². The monoisotopic (exact) mass is 287 g/mol. The number of halogens is 3. The third-order valence-corrected chi connectivity index (χ3v) is 3.29. The molecule has 0 amide bonds. The Balaban J connectivity index is 2.48. The largest absolute Gasteiger partial charge is 0.495 e. The van der Waals surface area contributed by atoms with Crippen LogP contribution in [0.5, 0.6) is 5.75 Å². The van der Waals surface area contributed by atoms with Crippen LogP contribution in [0.2, 0.25) is 15.1 Å². The van der Waals surface area contributed by atoms with Crippen LogP contribution in [0.25, 0.3) is 11.3 Å². The number of hydrogen-bond acceptors (Lipinski definition) is 2. The van der Waals surface area contributed by atoms with Gasteiger partial charge in [0.1, 0.15) is 5.75 Å². The third-order valence-electron chi connectivity index (χ3n) is 2.26. The summed E-state index contributed by atoms with van der Waals surface area (Å²) >= 11 is 17.9. The molecule has 0 N–H and O–H groups in total. The lowest BCUT2D eigenvalue weighted by molar-refractivity contribution is 0.413. The van der Waals surface area contributed by atoms with Crippen molar-refractivity contribution in [2.24, 2.45) is 0 Å². The molecule has 0 fully saturated rings. The van der Waals surface area contributed by atoms with E-state index in [-0.39, 0.29) is 0 Å². The van der Waals surface area contributed by atoms with Crippen LogP contribution in [0.3, 0.4) is 0 Å². The van der Waals surface area contributed by atoms with Gasteiger partial charge in [0.05, 0.1) is 34.1 Å². The van der Waals surface area contributed by atoms with Gasteiger partial charge in [-0.25, -0.2) is 0 Å². The number of methoxy groups -OCH3 is 1. The van der Waals surface area contributed by atoms with Crippen molar-refractivity contribution in [2.45, 2.75) is 0 Å². The maximum Gasteiger partial charge on any atom is 0.137 e. The zero-order chi connectivity index (χ0) is 12.4. The molecule has 0 bridgehead atoms. The van der Waals surface area contributed by atoms with Crippen molar-refractivity contribution in [3.05, 3.63) is 45.5 Å². The highest BCUT2D eigenvalue weighted by Crippen LogP contribution is 2.34. The third kappa shape index (κ3) is 2.65. The van der Waals surface area contributed by atoms with Gasteiger partial charge in [0, 0.05) is 5.56 Å². The summed E-state index contributed by atoms with van der Waals surface area (Å²) in [5, 5.41) is 1.38. The summed E-state index contributed by atoms with van der Waals surface area (Å²) in [6, 6.07) is 6.92. The van der Waals surface area contributed by atoms with Gasteiger partial charge in [-0.2, -0.15) is 0 Å². The number of pyridine rings is 1. The van der Waals surface area contributed by atoms with Crippen LogP contribution in [0.1, 0.15) is 0 Å². The molecule has 88 valence electrons. The van der Waals surface area contributed by atoms with Gasteiger partial charge in [-0.3, -0.25) is 4.98 Å². The van der Waals surface area contributed by atoms with Crippen LogP contribution >= 0.6 is 34.8 Å². The van der Waals surface area contributed by atoms with Gasteiger partial charge < -0.3 is 4.74 Å². The van der Waals surface area contributed by atoms with Gasteiger partial charge in [0.2, 0.25) is 0 Å². The molecule has 2 rings (SSSR count). The lowest BCUT2D eigenvalue weighted by atomic mass is 10.1. The Morgan fingerprint density at radius 1 is 1.00 bits per heavy atom. The van der Waals surface area contributed by atoms with E-state index in [0.29, 0.717) is 20.8 Å². The van der Waals surface area contributed by atoms with Crippen LogP contribution in [0, 0.1) is 0 Å². The van der Waals surface area contributed by atoms with E-state index in [1.807, 2.05) is 6.07 Å². The molecule has 17 heavy (non-hydrogen) atoms. The molecule has 1 heterocycles. The highest BCUT2D eigenvalue weighted by molar-refractivity contribution is 6.44. The first-order chi connectivity index (χ1) is 8.11. The van der Waals surface area contributed by atoms with E-state index in [1.165, 1.54) is 0 Å². The summed E-state index contributed by atoms with van der Waals surface area (Å²) in [5.41, 5.74) is 1.46. The van der Waals surface area contributed by atoms with Crippen LogP contribution in [0.15, 0.2) is 30.5 Å². The van der Waals surface area contributed by atoms with Gasteiger partial charge in [0.25, 0.3) is 0 Å². The minimum absolute atomic E-state index is 0.425. The standard InChI is InChI=1S/C12H8Cl3NO/c1-17-7-2-3-12(16-6-7)8-4-10(14)11(15)5-9(8)13/h2-6H,1H3. The summed E-state index contributed by atoms with van der Waals surface area (Å²) in [7, 11) is 1.59. The second-order valence-electron chi connectivity index (χ2n) is 3.33. The lowest BCUT2D eigenvalue weighted by Crippen LogP contribution is -1.88. The Morgan fingerprint density at radius 3 is 2.29 bits per heavy atom. The van der Waals surface area contributed by atoms with E-state index >= 15 is 0 Å². The maximum atomic E-state index is 6.10. The fourth-order valence-electron chi connectivity index (χ4n) is 1.38. The second-order valence-corrected chi connectivity index (χ2v) is 4.55. The molecule has 2 nitrogen and oxygen atoms in total. The molecule has 2 aromatic rings. The van der Waals surface area contributed by atoms with Gasteiger partial charge in [-0.05, 0) is 24.3 Å². The van der Waals surface area contributed by atoms with Crippen LogP contribution in [0.4, 0.5) is 0 Å². The molecule has 0 unspecified atom stereocenters. The number of ether oxygens (including phenoxy) is 1. The summed E-state index contributed by atoms with van der Waals surface area (Å²) < 4.78 is 5.04. The van der Waals surface area contributed by atoms with Crippen molar-refractivity contribution in [1.29, 1.82) is 0 Å². The highest BCUT2D eigenvalue weighted by atomic mass is 35.5. The molecular formula is C12H8Cl3NO. The molecule has 0 aliphatic rings. The topological polar surface area (TPSA) is 22.1 Å². The zero-order valence-electron chi connectivity index (χ0n) is 8.88. The molecular weight excluding hydrogens is 280 g/mol. The Hall–Kier alpha value is -0.960. The normalized spacial score (nSPS) is 10.4. The molecule has 0 saturated heterocycles. The van der Waals surface area contributed by atoms with Crippen molar-refractivity contribution >= 4 is 34.8 Å². The Morgan fingerprint density at radius 2 is 1.71 bits per heavy atom.